The lowest BCUT2D eigenvalue weighted by Gasteiger charge is -2.10. The standard InChI is InChI=1S/C19H19N5O3/c1-25-15-5-3-2-4-13(15)8-9-20-18-11-21-24-19(23-18)22-14-6-7-16-17(10-14)27-12-26-16/h2-7,10-11H,8-9,12H2,1H3,(H2,20,22,23,24). The lowest BCUT2D eigenvalue weighted by atomic mass is 10.1. The third-order valence-electron chi connectivity index (χ3n) is 4.08. The molecule has 2 N–H and O–H groups in total. The van der Waals surface area contributed by atoms with Crippen molar-refractivity contribution >= 4 is 17.5 Å². The van der Waals surface area contributed by atoms with Gasteiger partial charge in [0.1, 0.15) is 5.75 Å². The Hall–Kier alpha value is -3.55. The molecule has 0 amide bonds. The molecular weight excluding hydrogens is 346 g/mol. The Bertz CT molecular complexity index is 935. The van der Waals surface area contributed by atoms with E-state index in [4.69, 9.17) is 14.2 Å². The number of nitrogens with one attached hydrogen (secondary N) is 2. The van der Waals surface area contributed by atoms with Gasteiger partial charge in [-0.25, -0.2) is 0 Å². The second-order valence-corrected chi connectivity index (χ2v) is 5.85. The van der Waals surface area contributed by atoms with Crippen LogP contribution < -0.4 is 24.8 Å². The molecule has 1 aliphatic heterocycles. The van der Waals surface area contributed by atoms with Crippen molar-refractivity contribution in [1.29, 1.82) is 0 Å². The molecule has 8 nitrogen and oxygen atoms in total. The number of hydrogen-bond donors (Lipinski definition) is 2. The predicted octanol–water partition coefficient (Wildman–Crippen LogP) is 3.01. The van der Waals surface area contributed by atoms with Crippen LogP contribution in [-0.2, 0) is 6.42 Å². The van der Waals surface area contributed by atoms with Gasteiger partial charge >= 0.3 is 0 Å². The van der Waals surface area contributed by atoms with Crippen LogP contribution in [0.3, 0.4) is 0 Å². The van der Waals surface area contributed by atoms with Crippen molar-refractivity contribution in [1.82, 2.24) is 15.2 Å². The second-order valence-electron chi connectivity index (χ2n) is 5.85. The van der Waals surface area contributed by atoms with Crippen molar-refractivity contribution in [2.75, 3.05) is 31.1 Å². The highest BCUT2D eigenvalue weighted by Gasteiger charge is 2.13. The third kappa shape index (κ3) is 4.00. The Morgan fingerprint density at radius 1 is 1.11 bits per heavy atom. The summed E-state index contributed by atoms with van der Waals surface area (Å²) < 4.78 is 16.1. The lowest BCUT2D eigenvalue weighted by Crippen LogP contribution is -2.09. The van der Waals surface area contributed by atoms with Gasteiger partial charge in [0, 0.05) is 18.3 Å². The SMILES string of the molecule is COc1ccccc1CCNc1cnnc(Nc2ccc3c(c2)OCO3)n1. The number of methoxy groups -OCH3 is 1. The summed E-state index contributed by atoms with van der Waals surface area (Å²) >= 11 is 0. The minimum atomic E-state index is 0.239. The maximum atomic E-state index is 5.37. The lowest BCUT2D eigenvalue weighted by molar-refractivity contribution is 0.174. The Kier molecular flexibility index (Phi) is 4.86. The number of ether oxygens (including phenoxy) is 3. The Morgan fingerprint density at radius 2 is 2.00 bits per heavy atom. The van der Waals surface area contributed by atoms with Gasteiger partial charge < -0.3 is 24.8 Å². The Balaban J connectivity index is 1.37. The summed E-state index contributed by atoms with van der Waals surface area (Å²) in [5.74, 6) is 3.34. The summed E-state index contributed by atoms with van der Waals surface area (Å²) in [6.45, 7) is 0.935. The van der Waals surface area contributed by atoms with E-state index in [1.54, 1.807) is 13.3 Å². The van der Waals surface area contributed by atoms with Gasteiger partial charge in [-0.1, -0.05) is 18.2 Å². The van der Waals surface area contributed by atoms with Crippen molar-refractivity contribution in [2.24, 2.45) is 0 Å². The van der Waals surface area contributed by atoms with E-state index >= 15 is 0 Å². The van der Waals surface area contributed by atoms with E-state index in [-0.39, 0.29) is 6.79 Å². The molecule has 4 rings (SSSR count). The average Bonchev–Trinajstić information content (AvgIpc) is 3.16. The van der Waals surface area contributed by atoms with Crippen LogP contribution in [0.25, 0.3) is 0 Å². The summed E-state index contributed by atoms with van der Waals surface area (Å²) in [6, 6.07) is 13.5. The molecule has 138 valence electrons. The average molecular weight is 365 g/mol. The molecule has 0 fully saturated rings. The molecule has 27 heavy (non-hydrogen) atoms. The van der Waals surface area contributed by atoms with Crippen LogP contribution in [0.15, 0.2) is 48.7 Å². The zero-order valence-electron chi connectivity index (χ0n) is 14.8. The molecule has 2 heterocycles. The summed E-state index contributed by atoms with van der Waals surface area (Å²) in [7, 11) is 1.68. The molecule has 0 saturated heterocycles. The number of nitrogens with zero attached hydrogens (tertiary/aromatic N) is 3. The fraction of sp³-hybridized carbons (Fsp3) is 0.211. The van der Waals surface area contributed by atoms with E-state index in [2.05, 4.69) is 25.8 Å². The first-order valence-corrected chi connectivity index (χ1v) is 8.54. The van der Waals surface area contributed by atoms with E-state index < -0.39 is 0 Å². The molecule has 1 aromatic heterocycles. The highest BCUT2D eigenvalue weighted by atomic mass is 16.7. The quantitative estimate of drug-likeness (QED) is 0.660. The molecule has 0 aliphatic carbocycles. The Morgan fingerprint density at radius 3 is 2.93 bits per heavy atom. The van der Waals surface area contributed by atoms with E-state index in [1.165, 1.54) is 0 Å². The smallest absolute Gasteiger partial charge is 0.249 e. The Labute approximate surface area is 156 Å². The first-order chi connectivity index (χ1) is 13.3. The van der Waals surface area contributed by atoms with Crippen LogP contribution in [0, 0.1) is 0 Å². The van der Waals surface area contributed by atoms with Gasteiger partial charge in [-0.15, -0.1) is 5.10 Å². The number of anilines is 3. The van der Waals surface area contributed by atoms with Gasteiger partial charge in [-0.05, 0) is 30.2 Å². The van der Waals surface area contributed by atoms with Crippen molar-refractivity contribution < 1.29 is 14.2 Å². The van der Waals surface area contributed by atoms with Gasteiger partial charge in [0.25, 0.3) is 0 Å². The van der Waals surface area contributed by atoms with Crippen molar-refractivity contribution in [3.8, 4) is 17.2 Å². The van der Waals surface area contributed by atoms with Gasteiger partial charge in [-0.2, -0.15) is 10.1 Å². The zero-order valence-corrected chi connectivity index (χ0v) is 14.8. The number of aromatic nitrogens is 3. The van der Waals surface area contributed by atoms with Crippen LogP contribution in [0.1, 0.15) is 5.56 Å². The van der Waals surface area contributed by atoms with Crippen molar-refractivity contribution in [3.05, 3.63) is 54.2 Å². The fourth-order valence-corrected chi connectivity index (χ4v) is 2.78. The van der Waals surface area contributed by atoms with Crippen LogP contribution >= 0.6 is 0 Å². The van der Waals surface area contributed by atoms with E-state index in [0.29, 0.717) is 24.1 Å². The first-order valence-electron chi connectivity index (χ1n) is 8.54. The molecule has 3 aromatic rings. The van der Waals surface area contributed by atoms with Crippen LogP contribution in [0.5, 0.6) is 17.2 Å². The predicted molar refractivity (Wildman–Crippen MR) is 101 cm³/mol. The van der Waals surface area contributed by atoms with Crippen LogP contribution in [-0.4, -0.2) is 35.6 Å². The summed E-state index contributed by atoms with van der Waals surface area (Å²) in [5, 5.41) is 14.4. The van der Waals surface area contributed by atoms with E-state index in [9.17, 15) is 0 Å². The topological polar surface area (TPSA) is 90.4 Å². The molecular formula is C19H19N5O3. The molecule has 0 unspecified atom stereocenters. The number of benzene rings is 2. The maximum absolute atomic E-state index is 5.37. The molecule has 0 saturated carbocycles. The zero-order chi connectivity index (χ0) is 18.5. The monoisotopic (exact) mass is 365 g/mol. The molecule has 8 heteroatoms. The molecule has 1 aliphatic rings. The summed E-state index contributed by atoms with van der Waals surface area (Å²) in [6.07, 6.45) is 2.39. The number of hydrogen-bond acceptors (Lipinski definition) is 8. The summed E-state index contributed by atoms with van der Waals surface area (Å²) in [4.78, 5) is 4.44. The van der Waals surface area contributed by atoms with Crippen LogP contribution in [0.4, 0.5) is 17.5 Å². The fourth-order valence-electron chi connectivity index (χ4n) is 2.78. The van der Waals surface area contributed by atoms with Gasteiger partial charge in [0.15, 0.2) is 17.3 Å². The largest absolute Gasteiger partial charge is 0.496 e. The van der Waals surface area contributed by atoms with Gasteiger partial charge in [0.2, 0.25) is 12.7 Å². The first kappa shape index (κ1) is 16.9. The highest BCUT2D eigenvalue weighted by molar-refractivity contribution is 5.60. The maximum Gasteiger partial charge on any atom is 0.249 e. The second kappa shape index (κ2) is 7.77. The molecule has 0 spiro atoms. The minimum absolute atomic E-state index is 0.239. The molecule has 0 bridgehead atoms. The van der Waals surface area contributed by atoms with Crippen LogP contribution in [0.2, 0.25) is 0 Å². The molecule has 2 aromatic carbocycles. The minimum Gasteiger partial charge on any atom is -0.496 e. The normalized spacial score (nSPS) is 11.9. The van der Waals surface area contributed by atoms with E-state index in [1.807, 2.05) is 42.5 Å². The molecule has 0 atom stereocenters. The van der Waals surface area contributed by atoms with Gasteiger partial charge in [-0.3, -0.25) is 0 Å². The van der Waals surface area contributed by atoms with Crippen molar-refractivity contribution in [2.45, 2.75) is 6.42 Å². The molecule has 0 radical (unpaired) electrons. The number of rotatable bonds is 7. The highest BCUT2D eigenvalue weighted by Crippen LogP contribution is 2.34. The third-order valence-corrected chi connectivity index (χ3v) is 4.08. The van der Waals surface area contributed by atoms with E-state index in [0.717, 1.165) is 29.2 Å². The number of para-hydroxylation sites is 1. The van der Waals surface area contributed by atoms with Crippen molar-refractivity contribution in [3.63, 3.8) is 0 Å². The summed E-state index contributed by atoms with van der Waals surface area (Å²) in [5.41, 5.74) is 1.93. The van der Waals surface area contributed by atoms with Gasteiger partial charge in [0.05, 0.1) is 13.3 Å². The number of fused-ring (bicyclic) bond motifs is 1.